The van der Waals surface area contributed by atoms with E-state index in [-0.39, 0.29) is 13.0 Å². The second-order valence-corrected chi connectivity index (χ2v) is 3.56. The van der Waals surface area contributed by atoms with Crippen molar-refractivity contribution in [3.05, 3.63) is 35.4 Å². The molecular weight excluding hydrogens is 218 g/mol. The van der Waals surface area contributed by atoms with E-state index in [1.54, 1.807) is 24.3 Å². The Kier molecular flexibility index (Phi) is 4.41. The molecule has 0 heterocycles. The summed E-state index contributed by atoms with van der Waals surface area (Å²) in [7, 11) is 0. The minimum atomic E-state index is -2.30. The molecule has 1 amide bonds. The number of carbonyl (C=O) groups is 1. The van der Waals surface area contributed by atoms with Crippen LogP contribution in [0.5, 0.6) is 0 Å². The molecule has 0 aromatic heterocycles. The van der Waals surface area contributed by atoms with Crippen LogP contribution in [0.15, 0.2) is 24.3 Å². The van der Waals surface area contributed by atoms with Crippen LogP contribution in [-0.2, 0) is 33.4 Å². The number of rotatable bonds is 5. The molecule has 6 heteroatoms. The fourth-order valence-corrected chi connectivity index (χ4v) is 1.40. The molecule has 0 aliphatic heterocycles. The van der Waals surface area contributed by atoms with Crippen molar-refractivity contribution in [2.24, 2.45) is 5.73 Å². The van der Waals surface area contributed by atoms with Crippen molar-refractivity contribution >= 4 is 17.3 Å². The van der Waals surface area contributed by atoms with Gasteiger partial charge in [0.15, 0.2) is 0 Å². The van der Waals surface area contributed by atoms with Crippen molar-refractivity contribution in [3.8, 4) is 0 Å². The van der Waals surface area contributed by atoms with E-state index in [2.05, 4.69) is 4.18 Å². The molecule has 0 fully saturated rings. The average molecular weight is 229 g/mol. The lowest BCUT2D eigenvalue weighted by molar-refractivity contribution is -0.117. The number of hydrogen-bond acceptors (Lipinski definition) is 3. The summed E-state index contributed by atoms with van der Waals surface area (Å²) in [6, 6.07) is 6.95. The van der Waals surface area contributed by atoms with Crippen molar-refractivity contribution in [2.75, 3.05) is 0 Å². The first-order valence-corrected chi connectivity index (χ1v) is 5.22. The third-order valence-corrected chi connectivity index (χ3v) is 2.12. The number of carbonyl (C=O) groups excluding carboxylic acids is 1. The van der Waals surface area contributed by atoms with Gasteiger partial charge in [0.2, 0.25) is 5.91 Å². The summed E-state index contributed by atoms with van der Waals surface area (Å²) in [5.74, 6) is -0.451. The molecular formula is C9H11NO4S. The van der Waals surface area contributed by atoms with E-state index in [1.165, 1.54) is 0 Å². The van der Waals surface area contributed by atoms with Crippen LogP contribution in [0.2, 0.25) is 0 Å². The normalized spacial score (nSPS) is 12.3. The number of nitrogens with two attached hydrogens (primary N) is 1. The van der Waals surface area contributed by atoms with Crippen LogP contribution in [0, 0.1) is 0 Å². The van der Waals surface area contributed by atoms with Crippen LogP contribution in [0.4, 0.5) is 0 Å². The van der Waals surface area contributed by atoms with Crippen molar-refractivity contribution < 1.29 is 17.7 Å². The first-order valence-electron chi connectivity index (χ1n) is 4.19. The second kappa shape index (κ2) is 5.59. The Morgan fingerprint density at radius 2 is 2.00 bits per heavy atom. The molecule has 0 aliphatic carbocycles. The molecule has 1 unspecified atom stereocenters. The van der Waals surface area contributed by atoms with Crippen LogP contribution < -0.4 is 5.73 Å². The first-order chi connectivity index (χ1) is 7.09. The summed E-state index contributed by atoms with van der Waals surface area (Å²) >= 11 is -2.30. The maximum absolute atomic E-state index is 10.7. The Morgan fingerprint density at radius 1 is 1.40 bits per heavy atom. The van der Waals surface area contributed by atoms with Crippen LogP contribution >= 0.6 is 0 Å². The molecule has 1 aromatic carbocycles. The van der Waals surface area contributed by atoms with Gasteiger partial charge in [0.1, 0.15) is 0 Å². The minimum Gasteiger partial charge on any atom is -0.369 e. The molecule has 0 spiro atoms. The molecule has 1 aromatic rings. The average Bonchev–Trinajstić information content (AvgIpc) is 2.15. The lowest BCUT2D eigenvalue weighted by atomic mass is 10.1. The molecule has 1 rings (SSSR count). The third-order valence-electron chi connectivity index (χ3n) is 1.80. The van der Waals surface area contributed by atoms with Crippen LogP contribution in [0.25, 0.3) is 0 Å². The Balaban J connectivity index is 2.76. The van der Waals surface area contributed by atoms with Gasteiger partial charge in [-0.1, -0.05) is 24.3 Å². The highest BCUT2D eigenvalue weighted by Gasteiger charge is 2.06. The third kappa shape index (κ3) is 4.20. The first kappa shape index (κ1) is 11.8. The van der Waals surface area contributed by atoms with E-state index in [4.69, 9.17) is 10.3 Å². The Morgan fingerprint density at radius 3 is 2.53 bits per heavy atom. The van der Waals surface area contributed by atoms with Gasteiger partial charge in [-0.25, -0.2) is 0 Å². The largest absolute Gasteiger partial charge is 0.369 e. The highest BCUT2D eigenvalue weighted by Crippen LogP contribution is 2.11. The number of hydrogen-bond donors (Lipinski definition) is 2. The lowest BCUT2D eigenvalue weighted by Gasteiger charge is -2.06. The Bertz CT molecular complexity index is 380. The maximum atomic E-state index is 10.7. The maximum Gasteiger partial charge on any atom is 0.302 e. The topological polar surface area (TPSA) is 89.6 Å². The van der Waals surface area contributed by atoms with Crippen molar-refractivity contribution in [3.63, 3.8) is 0 Å². The van der Waals surface area contributed by atoms with Crippen molar-refractivity contribution in [2.45, 2.75) is 13.0 Å². The van der Waals surface area contributed by atoms with E-state index >= 15 is 0 Å². The number of benzene rings is 1. The van der Waals surface area contributed by atoms with Gasteiger partial charge in [0.25, 0.3) is 0 Å². The molecule has 0 aliphatic rings. The standard InChI is InChI=1S/C9H11NO4S/c10-9(11)5-7-3-1-2-4-8(7)6-14-15(12)13/h1-4H,5-6H2,(H2,10,11)(H,12,13). The predicted molar refractivity (Wildman–Crippen MR) is 54.9 cm³/mol. The van der Waals surface area contributed by atoms with Gasteiger partial charge in [0, 0.05) is 0 Å². The number of primary amides is 1. The van der Waals surface area contributed by atoms with Crippen LogP contribution in [-0.4, -0.2) is 14.7 Å². The smallest absolute Gasteiger partial charge is 0.302 e. The minimum absolute atomic E-state index is 0.0213. The molecule has 0 saturated carbocycles. The predicted octanol–water partition coefficient (Wildman–Crippen LogP) is 0.368. The van der Waals surface area contributed by atoms with Gasteiger partial charge < -0.3 is 5.73 Å². The van der Waals surface area contributed by atoms with Crippen molar-refractivity contribution in [1.29, 1.82) is 0 Å². The van der Waals surface area contributed by atoms with Gasteiger partial charge >= 0.3 is 11.4 Å². The van der Waals surface area contributed by atoms with E-state index in [9.17, 15) is 9.00 Å². The summed E-state index contributed by atoms with van der Waals surface area (Å²) in [4.78, 5) is 10.7. The van der Waals surface area contributed by atoms with E-state index in [1.807, 2.05) is 0 Å². The van der Waals surface area contributed by atoms with Crippen LogP contribution in [0.3, 0.4) is 0 Å². The number of amides is 1. The SMILES string of the molecule is NC(=O)Cc1ccccc1COS(=O)O. The molecule has 0 bridgehead atoms. The summed E-state index contributed by atoms with van der Waals surface area (Å²) in [5.41, 5.74) is 6.44. The highest BCUT2D eigenvalue weighted by molar-refractivity contribution is 7.74. The molecule has 1 atom stereocenters. The quantitative estimate of drug-likeness (QED) is 0.714. The monoisotopic (exact) mass is 229 g/mol. The molecule has 0 radical (unpaired) electrons. The van der Waals surface area contributed by atoms with Crippen LogP contribution in [0.1, 0.15) is 11.1 Å². The fraction of sp³-hybridized carbons (Fsp3) is 0.222. The summed E-state index contributed by atoms with van der Waals surface area (Å²) in [6.07, 6.45) is 0.0948. The molecule has 82 valence electrons. The van der Waals surface area contributed by atoms with Gasteiger partial charge in [-0.15, -0.1) is 0 Å². The summed E-state index contributed by atoms with van der Waals surface area (Å²) < 4.78 is 23.3. The zero-order chi connectivity index (χ0) is 11.3. The zero-order valence-electron chi connectivity index (χ0n) is 7.88. The van der Waals surface area contributed by atoms with Gasteiger partial charge in [-0.05, 0) is 11.1 Å². The summed E-state index contributed by atoms with van der Waals surface area (Å²) in [5, 5.41) is 0. The van der Waals surface area contributed by atoms with E-state index in [0.717, 1.165) is 0 Å². The fourth-order valence-electron chi connectivity index (χ4n) is 1.17. The zero-order valence-corrected chi connectivity index (χ0v) is 8.70. The van der Waals surface area contributed by atoms with E-state index < -0.39 is 17.3 Å². The summed E-state index contributed by atoms with van der Waals surface area (Å²) in [6.45, 7) is -0.0213. The van der Waals surface area contributed by atoms with Gasteiger partial charge in [0.05, 0.1) is 13.0 Å². The Labute approximate surface area is 89.7 Å². The molecule has 3 N–H and O–H groups in total. The van der Waals surface area contributed by atoms with Gasteiger partial charge in [-0.2, -0.15) is 4.21 Å². The molecule has 15 heavy (non-hydrogen) atoms. The Hall–Kier alpha value is -1.24. The second-order valence-electron chi connectivity index (χ2n) is 2.89. The molecule has 5 nitrogen and oxygen atoms in total. The molecule has 0 saturated heterocycles. The van der Waals surface area contributed by atoms with Gasteiger partial charge in [-0.3, -0.25) is 13.5 Å². The van der Waals surface area contributed by atoms with Crippen molar-refractivity contribution in [1.82, 2.24) is 0 Å². The lowest BCUT2D eigenvalue weighted by Crippen LogP contribution is -2.15. The van der Waals surface area contributed by atoms with E-state index in [0.29, 0.717) is 11.1 Å². The highest BCUT2D eigenvalue weighted by atomic mass is 32.2.